The summed E-state index contributed by atoms with van der Waals surface area (Å²) in [5, 5.41) is 1.91. The monoisotopic (exact) mass is 357 g/mol. The summed E-state index contributed by atoms with van der Waals surface area (Å²) in [5.74, 6) is 1.62. The van der Waals surface area contributed by atoms with Gasteiger partial charge < -0.3 is 10.6 Å². The van der Waals surface area contributed by atoms with Gasteiger partial charge in [0.25, 0.3) is 0 Å². The van der Waals surface area contributed by atoms with Crippen LogP contribution in [-0.2, 0) is 19.4 Å². The van der Waals surface area contributed by atoms with Crippen LogP contribution in [0.3, 0.4) is 0 Å². The second-order valence-corrected chi connectivity index (χ2v) is 8.44. The van der Waals surface area contributed by atoms with Crippen LogP contribution in [-0.4, -0.2) is 29.3 Å². The SMILES string of the molecule is C[NH+]1CCc2c(sc3nc(SCCc4ccccc4)nc(N)c23)C1. The highest BCUT2D eigenvalue weighted by Gasteiger charge is 2.24. The van der Waals surface area contributed by atoms with Gasteiger partial charge in [-0.15, -0.1) is 11.3 Å². The fraction of sp³-hybridized carbons (Fsp3) is 0.333. The van der Waals surface area contributed by atoms with Crippen LogP contribution in [0, 0.1) is 0 Å². The molecule has 1 aromatic carbocycles. The van der Waals surface area contributed by atoms with Crippen LogP contribution in [0.2, 0.25) is 0 Å². The zero-order valence-corrected chi connectivity index (χ0v) is 15.3. The van der Waals surface area contributed by atoms with E-state index in [9.17, 15) is 0 Å². The van der Waals surface area contributed by atoms with Crippen molar-refractivity contribution in [2.24, 2.45) is 0 Å². The number of fused-ring (bicyclic) bond motifs is 3. The average molecular weight is 358 g/mol. The Morgan fingerprint density at radius 2 is 2.08 bits per heavy atom. The van der Waals surface area contributed by atoms with E-state index in [4.69, 9.17) is 10.7 Å². The second kappa shape index (κ2) is 6.70. The fourth-order valence-corrected chi connectivity index (χ4v) is 5.43. The number of nitrogen functional groups attached to an aromatic ring is 1. The van der Waals surface area contributed by atoms with Crippen molar-refractivity contribution < 1.29 is 4.90 Å². The van der Waals surface area contributed by atoms with Crippen molar-refractivity contribution in [1.29, 1.82) is 0 Å². The van der Waals surface area contributed by atoms with Gasteiger partial charge in [-0.2, -0.15) is 0 Å². The van der Waals surface area contributed by atoms with Crippen molar-refractivity contribution in [3.05, 3.63) is 46.3 Å². The van der Waals surface area contributed by atoms with E-state index in [1.165, 1.54) is 16.0 Å². The maximum Gasteiger partial charge on any atom is 0.190 e. The number of rotatable bonds is 4. The average Bonchev–Trinajstić information content (AvgIpc) is 2.93. The van der Waals surface area contributed by atoms with E-state index in [1.54, 1.807) is 28.0 Å². The minimum atomic E-state index is 0.652. The molecule has 6 heteroatoms. The summed E-state index contributed by atoms with van der Waals surface area (Å²) < 4.78 is 0. The molecule has 0 amide bonds. The minimum absolute atomic E-state index is 0.652. The Hall–Kier alpha value is -1.63. The predicted octanol–water partition coefficient (Wildman–Crippen LogP) is 2.18. The summed E-state index contributed by atoms with van der Waals surface area (Å²) in [6, 6.07) is 10.5. The lowest BCUT2D eigenvalue weighted by Gasteiger charge is -2.19. The second-order valence-electron chi connectivity index (χ2n) is 6.29. The van der Waals surface area contributed by atoms with Gasteiger partial charge in [-0.1, -0.05) is 42.1 Å². The lowest BCUT2D eigenvalue weighted by Crippen LogP contribution is -3.08. The van der Waals surface area contributed by atoms with E-state index in [2.05, 4.69) is 36.3 Å². The zero-order chi connectivity index (χ0) is 16.5. The molecule has 0 saturated heterocycles. The largest absolute Gasteiger partial charge is 0.383 e. The van der Waals surface area contributed by atoms with Crippen molar-refractivity contribution in [3.8, 4) is 0 Å². The first-order chi connectivity index (χ1) is 11.7. The molecule has 0 saturated carbocycles. The van der Waals surface area contributed by atoms with Crippen LogP contribution in [0.1, 0.15) is 16.0 Å². The number of benzene rings is 1. The first kappa shape index (κ1) is 15.9. The van der Waals surface area contributed by atoms with E-state index in [1.807, 2.05) is 6.07 Å². The van der Waals surface area contributed by atoms with E-state index in [0.29, 0.717) is 5.82 Å². The third kappa shape index (κ3) is 3.14. The molecule has 1 aliphatic heterocycles. The highest BCUT2D eigenvalue weighted by molar-refractivity contribution is 7.99. The van der Waals surface area contributed by atoms with Gasteiger partial charge >= 0.3 is 0 Å². The van der Waals surface area contributed by atoms with Gasteiger partial charge in [0, 0.05) is 12.2 Å². The molecule has 2 aromatic heterocycles. The number of hydrogen-bond donors (Lipinski definition) is 2. The number of nitrogens with zero attached hydrogens (tertiary/aromatic N) is 2. The molecule has 0 radical (unpaired) electrons. The Balaban J connectivity index is 1.54. The van der Waals surface area contributed by atoms with Gasteiger partial charge in [0.1, 0.15) is 17.2 Å². The molecule has 0 fully saturated rings. The Kier molecular flexibility index (Phi) is 4.43. The van der Waals surface area contributed by atoms with Crippen LogP contribution < -0.4 is 10.6 Å². The van der Waals surface area contributed by atoms with E-state index >= 15 is 0 Å². The Bertz CT molecular complexity index is 860. The number of quaternary nitrogens is 1. The number of nitrogens with one attached hydrogen (secondary N) is 1. The van der Waals surface area contributed by atoms with Crippen molar-refractivity contribution in [3.63, 3.8) is 0 Å². The molecule has 3 heterocycles. The number of aryl methyl sites for hydroxylation is 1. The smallest absolute Gasteiger partial charge is 0.190 e. The summed E-state index contributed by atoms with van der Waals surface area (Å²) >= 11 is 3.49. The zero-order valence-electron chi connectivity index (χ0n) is 13.7. The van der Waals surface area contributed by atoms with Crippen LogP contribution in [0.25, 0.3) is 10.2 Å². The summed E-state index contributed by atoms with van der Waals surface area (Å²) in [5.41, 5.74) is 9.01. The van der Waals surface area contributed by atoms with E-state index in [-0.39, 0.29) is 0 Å². The van der Waals surface area contributed by atoms with Gasteiger partial charge in [0.15, 0.2) is 5.16 Å². The fourth-order valence-electron chi connectivity index (χ4n) is 3.19. The Morgan fingerprint density at radius 3 is 2.92 bits per heavy atom. The number of aromatic nitrogens is 2. The van der Waals surface area contributed by atoms with Gasteiger partial charge in [0.05, 0.1) is 23.9 Å². The Morgan fingerprint density at radius 1 is 1.25 bits per heavy atom. The third-order valence-electron chi connectivity index (χ3n) is 4.47. The van der Waals surface area contributed by atoms with E-state index < -0.39 is 0 Å². The molecule has 0 bridgehead atoms. The maximum absolute atomic E-state index is 6.28. The highest BCUT2D eigenvalue weighted by Crippen LogP contribution is 2.35. The third-order valence-corrected chi connectivity index (χ3v) is 6.45. The summed E-state index contributed by atoms with van der Waals surface area (Å²) in [4.78, 5) is 13.4. The lowest BCUT2D eigenvalue weighted by atomic mass is 10.1. The number of likely N-dealkylation sites (N-methyl/N-ethyl adjacent to an activating group) is 1. The molecule has 4 nitrogen and oxygen atoms in total. The van der Waals surface area contributed by atoms with Crippen molar-refractivity contribution >= 4 is 39.1 Å². The number of thioether (sulfide) groups is 1. The number of nitrogens with two attached hydrogens (primary N) is 1. The molecule has 1 atom stereocenters. The maximum atomic E-state index is 6.28. The topological polar surface area (TPSA) is 56.2 Å². The van der Waals surface area contributed by atoms with Crippen LogP contribution in [0.5, 0.6) is 0 Å². The first-order valence-electron chi connectivity index (χ1n) is 8.26. The van der Waals surface area contributed by atoms with Crippen molar-refractivity contribution in [2.75, 3.05) is 25.1 Å². The summed E-state index contributed by atoms with van der Waals surface area (Å²) in [6.45, 7) is 2.23. The predicted molar refractivity (Wildman–Crippen MR) is 102 cm³/mol. The highest BCUT2D eigenvalue weighted by atomic mass is 32.2. The van der Waals surface area contributed by atoms with Crippen LogP contribution in [0.4, 0.5) is 5.82 Å². The van der Waals surface area contributed by atoms with Crippen LogP contribution in [0.15, 0.2) is 35.5 Å². The Labute approximate surface area is 150 Å². The summed E-state index contributed by atoms with van der Waals surface area (Å²) in [7, 11) is 2.24. The molecular weight excluding hydrogens is 336 g/mol. The normalized spacial score (nSPS) is 17.1. The van der Waals surface area contributed by atoms with Crippen LogP contribution >= 0.6 is 23.1 Å². The number of anilines is 1. The molecule has 0 aliphatic carbocycles. The van der Waals surface area contributed by atoms with Gasteiger partial charge in [-0.25, -0.2) is 9.97 Å². The van der Waals surface area contributed by atoms with Crippen molar-refractivity contribution in [2.45, 2.75) is 24.5 Å². The molecule has 1 aliphatic rings. The summed E-state index contributed by atoms with van der Waals surface area (Å²) in [6.07, 6.45) is 2.09. The van der Waals surface area contributed by atoms with Gasteiger partial charge in [-0.3, -0.25) is 0 Å². The molecule has 0 spiro atoms. The van der Waals surface area contributed by atoms with E-state index in [0.717, 1.165) is 47.1 Å². The molecule has 3 N–H and O–H groups in total. The number of thiophene rings is 1. The van der Waals surface area contributed by atoms with Crippen molar-refractivity contribution in [1.82, 2.24) is 9.97 Å². The quantitative estimate of drug-likeness (QED) is 0.555. The number of hydrogen-bond acceptors (Lipinski definition) is 5. The molecule has 24 heavy (non-hydrogen) atoms. The van der Waals surface area contributed by atoms with Gasteiger partial charge in [-0.05, 0) is 17.5 Å². The molecule has 3 aromatic rings. The minimum Gasteiger partial charge on any atom is -0.383 e. The first-order valence-corrected chi connectivity index (χ1v) is 10.1. The van der Waals surface area contributed by atoms with Gasteiger partial charge in [0.2, 0.25) is 0 Å². The standard InChI is InChI=1S/C18H20N4S2/c1-22-9-7-13-14(11-22)24-17-15(13)16(19)20-18(21-17)23-10-8-12-5-3-2-4-6-12/h2-6H,7-11H2,1H3,(H2,19,20,21)/p+1. The molecule has 124 valence electrons. The molecular formula is C18H21N4S2+. The molecule has 4 rings (SSSR count). The lowest BCUT2D eigenvalue weighted by molar-refractivity contribution is -0.895. The molecule has 1 unspecified atom stereocenters.